The first-order valence-corrected chi connectivity index (χ1v) is 12.8. The number of carbonyl (C=O) groups excluding carboxylic acids is 1. The Balaban J connectivity index is 1.73. The number of nitrogens with one attached hydrogen (secondary N) is 3. The van der Waals surface area contributed by atoms with Crippen LogP contribution in [0, 0.1) is 0 Å². The number of methoxy groups -OCH3 is 1. The maximum Gasteiger partial charge on any atom is 0.277 e. The van der Waals surface area contributed by atoms with Crippen LogP contribution in [0.2, 0.25) is 0 Å². The quantitative estimate of drug-likeness (QED) is 0.546. The minimum absolute atomic E-state index is 0.147. The highest BCUT2D eigenvalue weighted by molar-refractivity contribution is 7.87. The van der Waals surface area contributed by atoms with E-state index >= 15 is 0 Å². The van der Waals surface area contributed by atoms with Gasteiger partial charge in [0.05, 0.1) is 12.7 Å². The van der Waals surface area contributed by atoms with Crippen LogP contribution in [0.3, 0.4) is 0 Å². The van der Waals surface area contributed by atoms with Crippen LogP contribution in [0.1, 0.15) is 62.4 Å². The lowest BCUT2D eigenvalue weighted by molar-refractivity contribution is 0.0932. The number of rotatable bonds is 8. The summed E-state index contributed by atoms with van der Waals surface area (Å²) in [4.78, 5) is 12.9. The van der Waals surface area contributed by atoms with Crippen LogP contribution in [0.5, 0.6) is 5.75 Å². The second-order valence-corrected chi connectivity index (χ2v) is 11.2. The molecule has 0 heterocycles. The van der Waals surface area contributed by atoms with Gasteiger partial charge in [0.1, 0.15) is 5.75 Å². The van der Waals surface area contributed by atoms with E-state index in [0.29, 0.717) is 30.7 Å². The Labute approximate surface area is 197 Å². The van der Waals surface area contributed by atoms with E-state index in [4.69, 9.17) is 4.74 Å². The van der Waals surface area contributed by atoms with E-state index in [2.05, 4.69) is 26.9 Å². The minimum Gasteiger partial charge on any atom is -0.496 e. The molecule has 2 aromatic carbocycles. The molecule has 0 radical (unpaired) electrons. The summed E-state index contributed by atoms with van der Waals surface area (Å²) in [5.74, 6) is 0.355. The third-order valence-corrected chi connectivity index (χ3v) is 7.55. The molecule has 7 nitrogen and oxygen atoms in total. The zero-order valence-electron chi connectivity index (χ0n) is 19.9. The third-order valence-electron chi connectivity index (χ3n) is 6.03. The first-order chi connectivity index (χ1) is 15.5. The first-order valence-electron chi connectivity index (χ1n) is 11.3. The molecule has 0 aromatic heterocycles. The Morgan fingerprint density at radius 2 is 1.64 bits per heavy atom. The highest BCUT2D eigenvalue weighted by atomic mass is 32.2. The van der Waals surface area contributed by atoms with Gasteiger partial charge in [-0.05, 0) is 64.2 Å². The lowest BCUT2D eigenvalue weighted by atomic mass is 9.68. The molecule has 1 aliphatic rings. The molecule has 0 spiro atoms. The summed E-state index contributed by atoms with van der Waals surface area (Å²) in [5, 5.41) is 3.11. The fourth-order valence-corrected chi connectivity index (χ4v) is 6.02. The fraction of sp³-hybridized carbons (Fsp3) is 0.480. The van der Waals surface area contributed by atoms with Crippen molar-refractivity contribution in [2.75, 3.05) is 13.7 Å². The van der Waals surface area contributed by atoms with Gasteiger partial charge >= 0.3 is 0 Å². The predicted molar refractivity (Wildman–Crippen MR) is 131 cm³/mol. The predicted octanol–water partition coefficient (Wildman–Crippen LogP) is 3.53. The van der Waals surface area contributed by atoms with E-state index in [-0.39, 0.29) is 17.4 Å². The second kappa shape index (κ2) is 10.2. The molecule has 0 unspecified atom stereocenters. The average molecular weight is 474 g/mol. The molecule has 0 atom stereocenters. The van der Waals surface area contributed by atoms with E-state index in [1.807, 2.05) is 51.1 Å². The van der Waals surface area contributed by atoms with Crippen molar-refractivity contribution < 1.29 is 17.9 Å². The van der Waals surface area contributed by atoms with Crippen LogP contribution < -0.4 is 19.5 Å². The van der Waals surface area contributed by atoms with E-state index in [0.717, 1.165) is 18.4 Å². The molecule has 0 bridgehead atoms. The van der Waals surface area contributed by atoms with E-state index in [1.165, 1.54) is 0 Å². The van der Waals surface area contributed by atoms with Crippen molar-refractivity contribution in [2.24, 2.45) is 0 Å². The molecule has 1 saturated carbocycles. The van der Waals surface area contributed by atoms with Gasteiger partial charge in [0.2, 0.25) is 0 Å². The van der Waals surface area contributed by atoms with Gasteiger partial charge in [0.15, 0.2) is 0 Å². The van der Waals surface area contributed by atoms with Crippen LogP contribution in [0.25, 0.3) is 0 Å². The highest BCUT2D eigenvalue weighted by Crippen LogP contribution is 2.39. The summed E-state index contributed by atoms with van der Waals surface area (Å²) in [5.41, 5.74) is 0.840. The number of amides is 1. The maximum atomic E-state index is 12.9. The number of ether oxygens (including phenoxy) is 1. The highest BCUT2D eigenvalue weighted by Gasteiger charge is 2.38. The van der Waals surface area contributed by atoms with Gasteiger partial charge in [-0.1, -0.05) is 42.5 Å². The SMILES string of the molecule is COc1ccccc1C(=O)NC[C@]1(c2ccccc2)CC[C@H](NS(=O)(=O)NC(C)(C)C)CC1. The monoisotopic (exact) mass is 473 g/mol. The summed E-state index contributed by atoms with van der Waals surface area (Å²) < 4.78 is 35.8. The molecule has 1 fully saturated rings. The Kier molecular flexibility index (Phi) is 7.82. The van der Waals surface area contributed by atoms with Crippen molar-refractivity contribution in [3.63, 3.8) is 0 Å². The summed E-state index contributed by atoms with van der Waals surface area (Å²) >= 11 is 0. The van der Waals surface area contributed by atoms with Crippen molar-refractivity contribution in [3.8, 4) is 5.75 Å². The summed E-state index contributed by atoms with van der Waals surface area (Å²) in [7, 11) is -2.04. The largest absolute Gasteiger partial charge is 0.496 e. The molecule has 1 amide bonds. The molecule has 3 rings (SSSR count). The zero-order chi connectivity index (χ0) is 24.1. The van der Waals surface area contributed by atoms with Crippen molar-refractivity contribution >= 4 is 16.1 Å². The molecule has 8 heteroatoms. The maximum absolute atomic E-state index is 12.9. The number of benzene rings is 2. The van der Waals surface area contributed by atoms with Crippen LogP contribution in [-0.4, -0.2) is 39.6 Å². The summed E-state index contributed by atoms with van der Waals surface area (Å²) in [6.07, 6.45) is 2.88. The Morgan fingerprint density at radius 3 is 2.24 bits per heavy atom. The van der Waals surface area contributed by atoms with Gasteiger partial charge in [-0.2, -0.15) is 17.9 Å². The van der Waals surface area contributed by atoms with Gasteiger partial charge in [-0.25, -0.2) is 0 Å². The Morgan fingerprint density at radius 1 is 1.03 bits per heavy atom. The van der Waals surface area contributed by atoms with Crippen LogP contribution in [-0.2, 0) is 15.6 Å². The topological polar surface area (TPSA) is 96.5 Å². The molecule has 2 aromatic rings. The zero-order valence-corrected chi connectivity index (χ0v) is 20.7. The number of hydrogen-bond acceptors (Lipinski definition) is 4. The second-order valence-electron chi connectivity index (χ2n) is 9.78. The van der Waals surface area contributed by atoms with E-state index in [9.17, 15) is 13.2 Å². The normalized spacial score (nSPS) is 21.4. The van der Waals surface area contributed by atoms with Gasteiger partial charge in [0.25, 0.3) is 16.1 Å². The van der Waals surface area contributed by atoms with Gasteiger partial charge in [0, 0.05) is 23.5 Å². The fourth-order valence-electron chi connectivity index (χ4n) is 4.48. The van der Waals surface area contributed by atoms with Crippen LogP contribution >= 0.6 is 0 Å². The molecule has 0 saturated heterocycles. The molecule has 0 aliphatic heterocycles. The standard InChI is InChI=1S/C25H35N3O4S/c1-24(2,3)28-33(30,31)27-20-14-16-25(17-15-20,19-10-6-5-7-11-19)18-26-23(29)21-12-8-9-13-22(21)32-4/h5-13,20,27-28H,14-18H2,1-4H3,(H,26,29)/t20-,25-. The average Bonchev–Trinajstić information content (AvgIpc) is 2.77. The minimum atomic E-state index is -3.59. The van der Waals surface area contributed by atoms with Crippen molar-refractivity contribution in [2.45, 2.75) is 63.5 Å². The van der Waals surface area contributed by atoms with Gasteiger partial charge in [-0.15, -0.1) is 0 Å². The van der Waals surface area contributed by atoms with E-state index < -0.39 is 15.7 Å². The molecular formula is C25H35N3O4S. The van der Waals surface area contributed by atoms with E-state index in [1.54, 1.807) is 19.2 Å². The van der Waals surface area contributed by atoms with Crippen LogP contribution in [0.4, 0.5) is 0 Å². The first kappa shape index (κ1) is 25.2. The van der Waals surface area contributed by atoms with Gasteiger partial charge in [-0.3, -0.25) is 4.79 Å². The molecule has 1 aliphatic carbocycles. The Hall–Kier alpha value is -2.42. The third kappa shape index (κ3) is 6.79. The number of hydrogen-bond donors (Lipinski definition) is 3. The Bertz CT molecular complexity index is 1040. The molecule has 180 valence electrons. The smallest absolute Gasteiger partial charge is 0.277 e. The lowest BCUT2D eigenvalue weighted by Crippen LogP contribution is -2.52. The van der Waals surface area contributed by atoms with Crippen molar-refractivity contribution in [3.05, 3.63) is 65.7 Å². The van der Waals surface area contributed by atoms with Crippen molar-refractivity contribution in [1.29, 1.82) is 0 Å². The number of para-hydroxylation sites is 1. The summed E-state index contributed by atoms with van der Waals surface area (Å²) in [6, 6.07) is 17.2. The molecule has 33 heavy (non-hydrogen) atoms. The molecule has 3 N–H and O–H groups in total. The number of carbonyl (C=O) groups is 1. The van der Waals surface area contributed by atoms with Crippen LogP contribution in [0.15, 0.2) is 54.6 Å². The van der Waals surface area contributed by atoms with Gasteiger partial charge < -0.3 is 10.1 Å². The van der Waals surface area contributed by atoms with Crippen molar-refractivity contribution in [1.82, 2.24) is 14.8 Å². The lowest BCUT2D eigenvalue weighted by Gasteiger charge is -2.41. The molecular weight excluding hydrogens is 438 g/mol. The summed E-state index contributed by atoms with van der Waals surface area (Å²) in [6.45, 7) is 5.92.